The highest BCUT2D eigenvalue weighted by atomic mass is 16.2. The molecule has 2 amide bonds. The third-order valence-electron chi connectivity index (χ3n) is 1.89. The van der Waals surface area contributed by atoms with Gasteiger partial charge in [-0.2, -0.15) is 5.10 Å². The van der Waals surface area contributed by atoms with E-state index in [4.69, 9.17) is 0 Å². The number of carbonyl (C=O) groups is 2. The molecule has 3 N–H and O–H groups in total. The number of aryl methyl sites for hydroxylation is 2. The van der Waals surface area contributed by atoms with Crippen molar-refractivity contribution in [2.24, 2.45) is 0 Å². The van der Waals surface area contributed by atoms with Crippen molar-refractivity contribution < 1.29 is 9.59 Å². The van der Waals surface area contributed by atoms with Crippen molar-refractivity contribution in [2.75, 3.05) is 0 Å². The molecule has 0 unspecified atom stereocenters. The summed E-state index contributed by atoms with van der Waals surface area (Å²) in [5.41, 5.74) is 6.83. The number of carbonyl (C=O) groups excluding carboxylic acids is 2. The topological polar surface area (TPSA) is 86.9 Å². The molecule has 1 heterocycles. The minimum Gasteiger partial charge on any atom is -0.282 e. The van der Waals surface area contributed by atoms with Gasteiger partial charge in [0.1, 0.15) is 0 Å². The second-order valence-corrected chi connectivity index (χ2v) is 2.90. The van der Waals surface area contributed by atoms with Gasteiger partial charge in [0.05, 0.1) is 12.1 Å². The molecule has 1 aromatic rings. The normalized spacial score (nSPS) is 9.57. The highest BCUT2D eigenvalue weighted by Gasteiger charge is 2.10. The van der Waals surface area contributed by atoms with Crippen molar-refractivity contribution in [1.82, 2.24) is 21.0 Å². The second kappa shape index (κ2) is 4.40. The van der Waals surface area contributed by atoms with Gasteiger partial charge in [-0.1, -0.05) is 0 Å². The third-order valence-corrected chi connectivity index (χ3v) is 1.89. The van der Waals surface area contributed by atoms with Gasteiger partial charge in [-0.05, 0) is 13.8 Å². The molecular weight excluding hydrogens is 184 g/mol. The van der Waals surface area contributed by atoms with Crippen molar-refractivity contribution in [2.45, 2.75) is 20.3 Å². The fourth-order valence-electron chi connectivity index (χ4n) is 1.15. The monoisotopic (exact) mass is 196 g/mol. The second-order valence-electron chi connectivity index (χ2n) is 2.90. The van der Waals surface area contributed by atoms with Crippen LogP contribution in [-0.4, -0.2) is 22.5 Å². The van der Waals surface area contributed by atoms with Crippen LogP contribution in [0.3, 0.4) is 0 Å². The lowest BCUT2D eigenvalue weighted by Crippen LogP contribution is -2.37. The summed E-state index contributed by atoms with van der Waals surface area (Å²) in [6.45, 7) is 3.66. The number of nitrogens with one attached hydrogen (secondary N) is 3. The zero-order valence-electron chi connectivity index (χ0n) is 8.05. The Labute approximate surface area is 81.0 Å². The molecule has 0 aromatic carbocycles. The van der Waals surface area contributed by atoms with Crippen molar-refractivity contribution in [3.8, 4) is 0 Å². The van der Waals surface area contributed by atoms with E-state index in [1.165, 1.54) is 0 Å². The molecule has 1 aromatic heterocycles. The molecule has 0 bridgehead atoms. The van der Waals surface area contributed by atoms with Crippen LogP contribution >= 0.6 is 0 Å². The van der Waals surface area contributed by atoms with E-state index in [2.05, 4.69) is 21.0 Å². The summed E-state index contributed by atoms with van der Waals surface area (Å²) in [6.07, 6.45) is 0.613. The average Bonchev–Trinajstić information content (AvgIpc) is 2.46. The Morgan fingerprint density at radius 2 is 2.29 bits per heavy atom. The van der Waals surface area contributed by atoms with Crippen molar-refractivity contribution in [3.05, 3.63) is 17.0 Å². The summed E-state index contributed by atoms with van der Waals surface area (Å²) in [7, 11) is 0. The van der Waals surface area contributed by atoms with E-state index in [1.54, 1.807) is 0 Å². The first kappa shape index (κ1) is 10.2. The summed E-state index contributed by atoms with van der Waals surface area (Å²) in [4.78, 5) is 21.1. The molecule has 0 aliphatic heterocycles. The van der Waals surface area contributed by atoms with E-state index >= 15 is 0 Å². The molecule has 0 aliphatic rings. The van der Waals surface area contributed by atoms with E-state index < -0.39 is 0 Å². The van der Waals surface area contributed by atoms with Crippen LogP contribution < -0.4 is 10.9 Å². The van der Waals surface area contributed by atoms with Crippen molar-refractivity contribution >= 4 is 12.3 Å². The van der Waals surface area contributed by atoms with Gasteiger partial charge in [-0.3, -0.25) is 25.5 Å². The lowest BCUT2D eigenvalue weighted by Gasteiger charge is -2.02. The summed E-state index contributed by atoms with van der Waals surface area (Å²) >= 11 is 0. The Bertz CT molecular complexity index is 326. The molecule has 0 radical (unpaired) electrons. The first-order chi connectivity index (χ1) is 6.65. The Morgan fingerprint density at radius 1 is 1.57 bits per heavy atom. The molecule has 6 nitrogen and oxygen atoms in total. The maximum absolute atomic E-state index is 11.2. The van der Waals surface area contributed by atoms with Gasteiger partial charge < -0.3 is 0 Å². The summed E-state index contributed by atoms with van der Waals surface area (Å²) < 4.78 is 0. The number of aromatic amines is 1. The van der Waals surface area contributed by atoms with Crippen LogP contribution in [0.5, 0.6) is 0 Å². The molecule has 0 aliphatic carbocycles. The third kappa shape index (κ3) is 2.32. The molecule has 14 heavy (non-hydrogen) atoms. The van der Waals surface area contributed by atoms with Crippen LogP contribution in [-0.2, 0) is 16.0 Å². The first-order valence-electron chi connectivity index (χ1n) is 4.13. The van der Waals surface area contributed by atoms with Gasteiger partial charge in [0.25, 0.3) is 0 Å². The molecule has 0 spiro atoms. The highest BCUT2D eigenvalue weighted by Crippen LogP contribution is 2.09. The molecule has 0 saturated heterocycles. The van der Waals surface area contributed by atoms with Gasteiger partial charge in [0.2, 0.25) is 12.3 Å². The molecule has 6 heteroatoms. The number of rotatable bonds is 4. The summed E-state index contributed by atoms with van der Waals surface area (Å²) in [5, 5.41) is 6.73. The Morgan fingerprint density at radius 3 is 2.79 bits per heavy atom. The lowest BCUT2D eigenvalue weighted by atomic mass is 10.1. The van der Waals surface area contributed by atoms with E-state index in [0.29, 0.717) is 6.41 Å². The zero-order chi connectivity index (χ0) is 10.6. The average molecular weight is 196 g/mol. The van der Waals surface area contributed by atoms with E-state index in [-0.39, 0.29) is 12.3 Å². The fourth-order valence-corrected chi connectivity index (χ4v) is 1.15. The van der Waals surface area contributed by atoms with E-state index in [0.717, 1.165) is 17.0 Å². The van der Waals surface area contributed by atoms with E-state index in [1.807, 2.05) is 13.8 Å². The van der Waals surface area contributed by atoms with Gasteiger partial charge in [-0.25, -0.2) is 0 Å². The molecule has 0 saturated carbocycles. The predicted octanol–water partition coefficient (Wildman–Crippen LogP) is -0.654. The van der Waals surface area contributed by atoms with Crippen molar-refractivity contribution in [1.29, 1.82) is 0 Å². The SMILES string of the molecule is Cc1n[nH]c(C)c1CC(=O)NNC=O. The summed E-state index contributed by atoms with van der Waals surface area (Å²) in [5.74, 6) is -0.273. The molecule has 0 atom stereocenters. The minimum atomic E-state index is -0.273. The predicted molar refractivity (Wildman–Crippen MR) is 49.1 cm³/mol. The Kier molecular flexibility index (Phi) is 3.22. The van der Waals surface area contributed by atoms with Crippen LogP contribution in [0.15, 0.2) is 0 Å². The smallest absolute Gasteiger partial charge is 0.242 e. The minimum absolute atomic E-state index is 0.203. The van der Waals surface area contributed by atoms with Gasteiger partial charge in [0.15, 0.2) is 0 Å². The number of hydrazine groups is 1. The van der Waals surface area contributed by atoms with Crippen molar-refractivity contribution in [3.63, 3.8) is 0 Å². The number of H-pyrrole nitrogens is 1. The van der Waals surface area contributed by atoms with Crippen LogP contribution in [0, 0.1) is 13.8 Å². The highest BCUT2D eigenvalue weighted by molar-refractivity contribution is 5.79. The first-order valence-corrected chi connectivity index (χ1v) is 4.13. The molecule has 0 fully saturated rings. The summed E-state index contributed by atoms with van der Waals surface area (Å²) in [6, 6.07) is 0. The lowest BCUT2D eigenvalue weighted by molar-refractivity contribution is -0.124. The van der Waals surface area contributed by atoms with Crippen LogP contribution in [0.1, 0.15) is 17.0 Å². The standard InChI is InChI=1S/C8H12N4O2/c1-5-7(6(2)11-10-5)3-8(14)12-9-4-13/h4H,3H2,1-2H3,(H,9,13)(H,10,11)(H,12,14). The zero-order valence-corrected chi connectivity index (χ0v) is 8.05. The van der Waals surface area contributed by atoms with Gasteiger partial charge in [0, 0.05) is 11.3 Å². The van der Waals surface area contributed by atoms with Crippen LogP contribution in [0.2, 0.25) is 0 Å². The maximum atomic E-state index is 11.2. The molecular formula is C8H12N4O2. The van der Waals surface area contributed by atoms with Crippen LogP contribution in [0.25, 0.3) is 0 Å². The van der Waals surface area contributed by atoms with E-state index in [9.17, 15) is 9.59 Å². The number of nitrogens with zero attached hydrogens (tertiary/aromatic N) is 1. The quantitative estimate of drug-likeness (QED) is 0.441. The number of amides is 2. The van der Waals surface area contributed by atoms with Crippen LogP contribution in [0.4, 0.5) is 0 Å². The Balaban J connectivity index is 2.59. The fraction of sp³-hybridized carbons (Fsp3) is 0.375. The van der Waals surface area contributed by atoms with Gasteiger partial charge >= 0.3 is 0 Å². The number of aromatic nitrogens is 2. The molecule has 76 valence electrons. The largest absolute Gasteiger partial charge is 0.282 e. The number of hydrogen-bond acceptors (Lipinski definition) is 3. The Hall–Kier alpha value is -1.85. The number of hydrogen-bond donors (Lipinski definition) is 3. The molecule has 1 rings (SSSR count). The maximum Gasteiger partial charge on any atom is 0.242 e. The van der Waals surface area contributed by atoms with Gasteiger partial charge in [-0.15, -0.1) is 0 Å².